The Kier molecular flexibility index (Phi) is 4.17. The van der Waals surface area contributed by atoms with Crippen LogP contribution in [0.5, 0.6) is 0 Å². The molecule has 1 atom stereocenters. The van der Waals surface area contributed by atoms with Gasteiger partial charge in [-0.05, 0) is 5.56 Å². The van der Waals surface area contributed by atoms with Crippen LogP contribution in [0, 0.1) is 0 Å². The van der Waals surface area contributed by atoms with E-state index in [9.17, 15) is 0 Å². The van der Waals surface area contributed by atoms with Crippen LogP contribution in [0.3, 0.4) is 0 Å². The standard InChI is InChI=1S/C23H20N2/c1-17(18-11-5-2-6-12-18)23-24-21(19-13-7-3-8-14-19)22(25-23)20-15-9-4-10-16-20/h2-17H,1H3,(H,24,25)/t17-/m0/s1. The Balaban J connectivity index is 1.84. The summed E-state index contributed by atoms with van der Waals surface area (Å²) in [6.45, 7) is 2.19. The summed E-state index contributed by atoms with van der Waals surface area (Å²) in [6, 6.07) is 31.3. The molecule has 0 aliphatic carbocycles. The maximum absolute atomic E-state index is 4.98. The highest BCUT2D eigenvalue weighted by atomic mass is 14.9. The zero-order valence-electron chi connectivity index (χ0n) is 14.2. The number of imidazole rings is 1. The normalized spacial score (nSPS) is 12.0. The van der Waals surface area contributed by atoms with Crippen molar-refractivity contribution in [2.75, 3.05) is 0 Å². The third-order valence-corrected chi connectivity index (χ3v) is 4.54. The predicted molar refractivity (Wildman–Crippen MR) is 103 cm³/mol. The third-order valence-electron chi connectivity index (χ3n) is 4.54. The lowest BCUT2D eigenvalue weighted by atomic mass is 10.0. The number of hydrogen-bond donors (Lipinski definition) is 1. The largest absolute Gasteiger partial charge is 0.341 e. The molecule has 0 aliphatic rings. The Morgan fingerprint density at radius 3 is 1.80 bits per heavy atom. The Labute approximate surface area is 148 Å². The summed E-state index contributed by atoms with van der Waals surface area (Å²) in [7, 11) is 0. The summed E-state index contributed by atoms with van der Waals surface area (Å²) in [5.41, 5.74) is 5.62. The van der Waals surface area contributed by atoms with Gasteiger partial charge in [0.2, 0.25) is 0 Å². The summed E-state index contributed by atoms with van der Waals surface area (Å²) in [4.78, 5) is 8.56. The molecular weight excluding hydrogens is 304 g/mol. The molecule has 0 bridgehead atoms. The minimum absolute atomic E-state index is 0.209. The molecule has 1 N–H and O–H groups in total. The van der Waals surface area contributed by atoms with E-state index in [1.54, 1.807) is 0 Å². The van der Waals surface area contributed by atoms with Crippen LogP contribution in [0.25, 0.3) is 22.5 Å². The van der Waals surface area contributed by atoms with Crippen molar-refractivity contribution in [2.24, 2.45) is 0 Å². The minimum Gasteiger partial charge on any atom is -0.341 e. The summed E-state index contributed by atoms with van der Waals surface area (Å²) in [5, 5.41) is 0. The lowest BCUT2D eigenvalue weighted by Gasteiger charge is -2.08. The van der Waals surface area contributed by atoms with Crippen LogP contribution in [0.15, 0.2) is 91.0 Å². The second-order valence-electron chi connectivity index (χ2n) is 6.21. The van der Waals surface area contributed by atoms with Gasteiger partial charge in [-0.1, -0.05) is 97.9 Å². The molecular formula is C23H20N2. The van der Waals surface area contributed by atoms with Gasteiger partial charge in [-0.25, -0.2) is 4.98 Å². The average Bonchev–Trinajstić information content (AvgIpc) is 3.15. The van der Waals surface area contributed by atoms with Crippen LogP contribution in [-0.4, -0.2) is 9.97 Å². The lowest BCUT2D eigenvalue weighted by molar-refractivity contribution is 0.841. The third kappa shape index (κ3) is 3.11. The van der Waals surface area contributed by atoms with Crippen molar-refractivity contribution in [1.82, 2.24) is 9.97 Å². The first-order chi connectivity index (χ1) is 12.3. The summed E-state index contributed by atoms with van der Waals surface area (Å²) in [6.07, 6.45) is 0. The summed E-state index contributed by atoms with van der Waals surface area (Å²) in [5.74, 6) is 1.20. The molecule has 122 valence electrons. The highest BCUT2D eigenvalue weighted by Gasteiger charge is 2.18. The first kappa shape index (κ1) is 15.4. The Hall–Kier alpha value is -3.13. The molecule has 2 nitrogen and oxygen atoms in total. The maximum Gasteiger partial charge on any atom is 0.114 e. The second kappa shape index (κ2) is 6.78. The molecule has 0 spiro atoms. The van der Waals surface area contributed by atoms with E-state index in [0.717, 1.165) is 28.3 Å². The molecule has 0 saturated carbocycles. The van der Waals surface area contributed by atoms with Gasteiger partial charge in [-0.2, -0.15) is 0 Å². The van der Waals surface area contributed by atoms with E-state index < -0.39 is 0 Å². The van der Waals surface area contributed by atoms with E-state index in [-0.39, 0.29) is 5.92 Å². The summed E-state index contributed by atoms with van der Waals surface area (Å²) >= 11 is 0. The SMILES string of the molecule is C[C@@H](c1ccccc1)c1nc(-c2ccccc2)c(-c2ccccc2)[nH]1. The first-order valence-electron chi connectivity index (χ1n) is 8.58. The zero-order valence-corrected chi connectivity index (χ0v) is 14.2. The van der Waals surface area contributed by atoms with Gasteiger partial charge in [-0.15, -0.1) is 0 Å². The van der Waals surface area contributed by atoms with Crippen molar-refractivity contribution in [3.63, 3.8) is 0 Å². The molecule has 0 amide bonds. The van der Waals surface area contributed by atoms with E-state index in [2.05, 4.69) is 84.7 Å². The van der Waals surface area contributed by atoms with Crippen LogP contribution in [-0.2, 0) is 0 Å². The van der Waals surface area contributed by atoms with Gasteiger partial charge < -0.3 is 4.98 Å². The molecule has 3 aromatic carbocycles. The van der Waals surface area contributed by atoms with Crippen molar-refractivity contribution < 1.29 is 0 Å². The molecule has 4 aromatic rings. The summed E-state index contributed by atoms with van der Waals surface area (Å²) < 4.78 is 0. The Morgan fingerprint density at radius 2 is 1.20 bits per heavy atom. The van der Waals surface area contributed by atoms with E-state index in [4.69, 9.17) is 4.98 Å². The van der Waals surface area contributed by atoms with Gasteiger partial charge in [0.05, 0.1) is 11.4 Å². The van der Waals surface area contributed by atoms with Gasteiger partial charge in [-0.3, -0.25) is 0 Å². The smallest absolute Gasteiger partial charge is 0.114 e. The van der Waals surface area contributed by atoms with Gasteiger partial charge in [0.25, 0.3) is 0 Å². The van der Waals surface area contributed by atoms with Crippen molar-refractivity contribution in [2.45, 2.75) is 12.8 Å². The van der Waals surface area contributed by atoms with E-state index in [1.807, 2.05) is 18.2 Å². The molecule has 1 aromatic heterocycles. The van der Waals surface area contributed by atoms with Crippen LogP contribution < -0.4 is 0 Å². The minimum atomic E-state index is 0.209. The maximum atomic E-state index is 4.98. The van der Waals surface area contributed by atoms with E-state index in [1.165, 1.54) is 5.56 Å². The molecule has 0 fully saturated rings. The molecule has 0 radical (unpaired) electrons. The average molecular weight is 324 g/mol. The second-order valence-corrected chi connectivity index (χ2v) is 6.21. The Morgan fingerprint density at radius 1 is 0.680 bits per heavy atom. The molecule has 0 saturated heterocycles. The van der Waals surface area contributed by atoms with Crippen LogP contribution in [0.2, 0.25) is 0 Å². The number of aromatic amines is 1. The number of hydrogen-bond acceptors (Lipinski definition) is 1. The van der Waals surface area contributed by atoms with Crippen LogP contribution >= 0.6 is 0 Å². The highest BCUT2D eigenvalue weighted by molar-refractivity contribution is 5.78. The molecule has 0 unspecified atom stereocenters. The monoisotopic (exact) mass is 324 g/mol. The van der Waals surface area contributed by atoms with Gasteiger partial charge in [0.1, 0.15) is 5.82 Å². The van der Waals surface area contributed by atoms with Gasteiger partial charge >= 0.3 is 0 Å². The predicted octanol–water partition coefficient (Wildman–Crippen LogP) is 5.90. The zero-order chi connectivity index (χ0) is 17.1. The molecule has 1 heterocycles. The van der Waals surface area contributed by atoms with E-state index in [0.29, 0.717) is 0 Å². The number of nitrogens with one attached hydrogen (secondary N) is 1. The number of rotatable bonds is 4. The fourth-order valence-corrected chi connectivity index (χ4v) is 3.11. The molecule has 0 aliphatic heterocycles. The van der Waals surface area contributed by atoms with Gasteiger partial charge in [0, 0.05) is 17.0 Å². The number of H-pyrrole nitrogens is 1. The van der Waals surface area contributed by atoms with Crippen molar-refractivity contribution in [3.05, 3.63) is 102 Å². The fraction of sp³-hybridized carbons (Fsp3) is 0.0870. The van der Waals surface area contributed by atoms with Crippen molar-refractivity contribution in [3.8, 4) is 22.5 Å². The molecule has 2 heteroatoms. The first-order valence-corrected chi connectivity index (χ1v) is 8.58. The quantitative estimate of drug-likeness (QED) is 0.498. The van der Waals surface area contributed by atoms with Crippen molar-refractivity contribution >= 4 is 0 Å². The number of benzene rings is 3. The molecule has 4 rings (SSSR count). The van der Waals surface area contributed by atoms with Crippen LogP contribution in [0.4, 0.5) is 0 Å². The van der Waals surface area contributed by atoms with Gasteiger partial charge in [0.15, 0.2) is 0 Å². The highest BCUT2D eigenvalue weighted by Crippen LogP contribution is 2.33. The lowest BCUT2D eigenvalue weighted by Crippen LogP contribution is -1.98. The number of nitrogens with zero attached hydrogens (tertiary/aromatic N) is 1. The van der Waals surface area contributed by atoms with E-state index >= 15 is 0 Å². The van der Waals surface area contributed by atoms with Crippen molar-refractivity contribution in [1.29, 1.82) is 0 Å². The topological polar surface area (TPSA) is 28.7 Å². The Bertz CT molecular complexity index is 884. The number of aromatic nitrogens is 2. The van der Waals surface area contributed by atoms with Crippen LogP contribution in [0.1, 0.15) is 24.2 Å². The fourth-order valence-electron chi connectivity index (χ4n) is 3.11. The molecule has 25 heavy (non-hydrogen) atoms.